The zero-order valence-electron chi connectivity index (χ0n) is 18.7. The molecule has 0 N–H and O–H groups in total. The van der Waals surface area contributed by atoms with E-state index in [1.165, 1.54) is 103 Å². The molecule has 0 radical (unpaired) electrons. The van der Waals surface area contributed by atoms with E-state index in [1.54, 1.807) is 0 Å². The van der Waals surface area contributed by atoms with E-state index in [9.17, 15) is 0 Å². The van der Waals surface area contributed by atoms with E-state index in [2.05, 4.69) is 27.9 Å². The Balaban J connectivity index is 1.14. The molecule has 0 amide bonds. The molecular formula is C25H45N2O2+. The second kappa shape index (κ2) is 14.2. The van der Waals surface area contributed by atoms with Crippen LogP contribution in [0.3, 0.4) is 0 Å². The Kier molecular flexibility index (Phi) is 11.2. The fraction of sp³-hybridized carbons (Fsp3) is 0.880. The molecule has 29 heavy (non-hydrogen) atoms. The summed E-state index contributed by atoms with van der Waals surface area (Å²) in [6, 6.07) is 0. The van der Waals surface area contributed by atoms with E-state index >= 15 is 0 Å². The lowest BCUT2D eigenvalue weighted by Crippen LogP contribution is -2.31. The Bertz CT molecular complexity index is 474. The summed E-state index contributed by atoms with van der Waals surface area (Å²) in [5.41, 5.74) is 0. The minimum absolute atomic E-state index is 0.561. The first kappa shape index (κ1) is 22.8. The number of ether oxygens (including phenoxy) is 2. The highest BCUT2D eigenvalue weighted by atomic mass is 16.5. The molecule has 1 aromatic rings. The highest BCUT2D eigenvalue weighted by Gasteiger charge is 2.14. The predicted octanol–water partition coefficient (Wildman–Crippen LogP) is 5.81. The number of hydrogen-bond acceptors (Lipinski definition) is 2. The summed E-state index contributed by atoms with van der Waals surface area (Å²) in [4.78, 5) is 0. The van der Waals surface area contributed by atoms with E-state index in [0.717, 1.165) is 26.3 Å². The summed E-state index contributed by atoms with van der Waals surface area (Å²) < 4.78 is 16.7. The van der Waals surface area contributed by atoms with Gasteiger partial charge in [-0.05, 0) is 64.2 Å². The van der Waals surface area contributed by atoms with Crippen molar-refractivity contribution in [3.8, 4) is 0 Å². The fourth-order valence-corrected chi connectivity index (χ4v) is 4.81. The van der Waals surface area contributed by atoms with Crippen LogP contribution < -0.4 is 4.57 Å². The third-order valence-electron chi connectivity index (χ3n) is 6.68. The minimum atomic E-state index is 0.561. The average molecular weight is 406 g/mol. The van der Waals surface area contributed by atoms with Crippen molar-refractivity contribution in [3.05, 3.63) is 18.7 Å². The normalized spacial score (nSPS) is 19.0. The standard InChI is InChI=1S/C25H45N2O2/c1-5-13-24(14-6-1)28-21-11-3-9-17-26-19-20-27(23-26)18-10-4-12-22-29-25-15-7-2-8-16-25/h19-20,23-25H,1-18,21-22H2/q+1. The first-order valence-corrected chi connectivity index (χ1v) is 12.7. The van der Waals surface area contributed by atoms with Gasteiger partial charge in [0.25, 0.3) is 0 Å². The highest BCUT2D eigenvalue weighted by molar-refractivity contribution is 4.67. The van der Waals surface area contributed by atoms with Crippen molar-refractivity contribution in [3.63, 3.8) is 0 Å². The van der Waals surface area contributed by atoms with Gasteiger partial charge in [0.2, 0.25) is 6.33 Å². The Morgan fingerprint density at radius 2 is 1.28 bits per heavy atom. The quantitative estimate of drug-likeness (QED) is 0.288. The lowest BCUT2D eigenvalue weighted by atomic mass is 9.98. The van der Waals surface area contributed by atoms with Crippen LogP contribution in [0, 0.1) is 0 Å². The molecule has 0 atom stereocenters. The van der Waals surface area contributed by atoms with Gasteiger partial charge < -0.3 is 9.47 Å². The van der Waals surface area contributed by atoms with Crippen LogP contribution >= 0.6 is 0 Å². The van der Waals surface area contributed by atoms with Crippen LogP contribution in [0.25, 0.3) is 0 Å². The minimum Gasteiger partial charge on any atom is -0.378 e. The lowest BCUT2D eigenvalue weighted by molar-refractivity contribution is -0.696. The maximum Gasteiger partial charge on any atom is 0.243 e. The fourth-order valence-electron chi connectivity index (χ4n) is 4.81. The zero-order valence-corrected chi connectivity index (χ0v) is 18.7. The molecule has 4 nitrogen and oxygen atoms in total. The Hall–Kier alpha value is -0.870. The van der Waals surface area contributed by atoms with Crippen molar-refractivity contribution in [2.45, 2.75) is 128 Å². The van der Waals surface area contributed by atoms with Crippen LogP contribution in [-0.4, -0.2) is 30.0 Å². The van der Waals surface area contributed by atoms with Crippen molar-refractivity contribution >= 4 is 0 Å². The molecule has 166 valence electrons. The molecule has 1 aromatic heterocycles. The van der Waals surface area contributed by atoms with Crippen LogP contribution in [0.15, 0.2) is 18.7 Å². The second-order valence-electron chi connectivity index (χ2n) is 9.27. The number of aromatic nitrogens is 2. The molecule has 0 spiro atoms. The molecule has 2 aliphatic carbocycles. The van der Waals surface area contributed by atoms with Crippen molar-refractivity contribution in [1.29, 1.82) is 0 Å². The van der Waals surface area contributed by atoms with E-state index in [-0.39, 0.29) is 0 Å². The van der Waals surface area contributed by atoms with Crippen LogP contribution in [0.1, 0.15) is 103 Å². The van der Waals surface area contributed by atoms with Gasteiger partial charge >= 0.3 is 0 Å². The molecule has 4 heteroatoms. The molecule has 1 heterocycles. The van der Waals surface area contributed by atoms with E-state index in [4.69, 9.17) is 9.47 Å². The lowest BCUT2D eigenvalue weighted by Gasteiger charge is -2.21. The van der Waals surface area contributed by atoms with Gasteiger partial charge in [0, 0.05) is 13.2 Å². The van der Waals surface area contributed by atoms with Gasteiger partial charge in [-0.2, -0.15) is 0 Å². The molecule has 2 aliphatic rings. The van der Waals surface area contributed by atoms with Gasteiger partial charge in [-0.25, -0.2) is 9.13 Å². The Morgan fingerprint density at radius 1 is 0.690 bits per heavy atom. The topological polar surface area (TPSA) is 27.3 Å². The third kappa shape index (κ3) is 9.65. The monoisotopic (exact) mass is 405 g/mol. The van der Waals surface area contributed by atoms with Gasteiger partial charge in [-0.15, -0.1) is 0 Å². The molecular weight excluding hydrogens is 360 g/mol. The van der Waals surface area contributed by atoms with Crippen LogP contribution in [0.2, 0.25) is 0 Å². The first-order valence-electron chi connectivity index (χ1n) is 12.7. The summed E-state index contributed by atoms with van der Waals surface area (Å²) in [6.07, 6.45) is 28.8. The van der Waals surface area contributed by atoms with Crippen molar-refractivity contribution < 1.29 is 14.0 Å². The number of nitrogens with zero attached hydrogens (tertiary/aromatic N) is 2. The summed E-state index contributed by atoms with van der Waals surface area (Å²) >= 11 is 0. The second-order valence-corrected chi connectivity index (χ2v) is 9.27. The van der Waals surface area contributed by atoms with Crippen molar-refractivity contribution in [1.82, 2.24) is 4.57 Å². The van der Waals surface area contributed by atoms with E-state index < -0.39 is 0 Å². The molecule has 0 aromatic carbocycles. The predicted molar refractivity (Wildman–Crippen MR) is 118 cm³/mol. The van der Waals surface area contributed by atoms with Crippen molar-refractivity contribution in [2.75, 3.05) is 13.2 Å². The summed E-state index contributed by atoms with van der Waals surface area (Å²) in [5, 5.41) is 0. The number of imidazole rings is 1. The molecule has 0 bridgehead atoms. The number of aryl methyl sites for hydroxylation is 2. The molecule has 3 rings (SSSR count). The van der Waals surface area contributed by atoms with Gasteiger partial charge in [0.1, 0.15) is 12.4 Å². The maximum atomic E-state index is 6.03. The number of hydrogen-bond donors (Lipinski definition) is 0. The average Bonchev–Trinajstić information content (AvgIpc) is 3.22. The van der Waals surface area contributed by atoms with Gasteiger partial charge in [0.05, 0.1) is 25.3 Å². The number of unbranched alkanes of at least 4 members (excludes halogenated alkanes) is 4. The largest absolute Gasteiger partial charge is 0.378 e. The van der Waals surface area contributed by atoms with E-state index in [0.29, 0.717) is 12.2 Å². The Labute approximate surface area is 179 Å². The molecule has 0 aliphatic heterocycles. The Morgan fingerprint density at radius 3 is 1.90 bits per heavy atom. The summed E-state index contributed by atoms with van der Waals surface area (Å²) in [6.45, 7) is 4.18. The third-order valence-corrected chi connectivity index (χ3v) is 6.68. The molecule has 2 fully saturated rings. The first-order chi connectivity index (χ1) is 14.4. The van der Waals surface area contributed by atoms with Gasteiger partial charge in [-0.3, -0.25) is 0 Å². The molecule has 2 saturated carbocycles. The van der Waals surface area contributed by atoms with Crippen LogP contribution in [0.4, 0.5) is 0 Å². The highest BCUT2D eigenvalue weighted by Crippen LogP contribution is 2.21. The SMILES string of the molecule is c1c[n+](CCCCCOC2CCCCC2)cn1CCCCCOC1CCCCC1. The number of rotatable bonds is 14. The zero-order chi connectivity index (χ0) is 20.0. The van der Waals surface area contributed by atoms with Crippen molar-refractivity contribution in [2.24, 2.45) is 0 Å². The molecule has 0 saturated heterocycles. The van der Waals surface area contributed by atoms with Gasteiger partial charge in [-0.1, -0.05) is 38.5 Å². The van der Waals surface area contributed by atoms with Crippen LogP contribution in [-0.2, 0) is 22.6 Å². The summed E-state index contributed by atoms with van der Waals surface area (Å²) in [5.74, 6) is 0. The maximum absolute atomic E-state index is 6.03. The smallest absolute Gasteiger partial charge is 0.243 e. The van der Waals surface area contributed by atoms with E-state index in [1.807, 2.05) is 0 Å². The van der Waals surface area contributed by atoms with Crippen LogP contribution in [0.5, 0.6) is 0 Å². The molecule has 0 unspecified atom stereocenters. The van der Waals surface area contributed by atoms with Gasteiger partial charge in [0.15, 0.2) is 0 Å². The summed E-state index contributed by atoms with van der Waals surface area (Å²) in [7, 11) is 0.